The van der Waals surface area contributed by atoms with Crippen molar-refractivity contribution in [3.05, 3.63) is 36.5 Å². The summed E-state index contributed by atoms with van der Waals surface area (Å²) in [5.74, 6) is 0.594. The number of hydrogen-bond donors (Lipinski definition) is 2. The second-order valence-corrected chi connectivity index (χ2v) is 5.56. The van der Waals surface area contributed by atoms with Gasteiger partial charge in [0, 0.05) is 19.3 Å². The van der Waals surface area contributed by atoms with Crippen molar-refractivity contribution < 1.29 is 8.42 Å². The van der Waals surface area contributed by atoms with Crippen molar-refractivity contribution in [1.82, 2.24) is 14.5 Å². The average Bonchev–Trinajstić information content (AvgIpc) is 2.75. The van der Waals surface area contributed by atoms with E-state index in [1.54, 1.807) is 42.2 Å². The zero-order valence-corrected chi connectivity index (χ0v) is 10.9. The summed E-state index contributed by atoms with van der Waals surface area (Å²) in [6.45, 7) is 0. The highest BCUT2D eigenvalue weighted by atomic mass is 32.2. The Morgan fingerprint density at radius 3 is 2.56 bits per heavy atom. The van der Waals surface area contributed by atoms with Crippen LogP contribution < -0.4 is 10.0 Å². The molecule has 1 heterocycles. The SMILES string of the molecule is CNS(=O)(=O)c1ccccc1Nc1ccn(C)n1. The first-order valence-electron chi connectivity index (χ1n) is 5.32. The van der Waals surface area contributed by atoms with Crippen molar-refractivity contribution in [3.8, 4) is 0 Å². The molecule has 7 heteroatoms. The molecule has 2 N–H and O–H groups in total. The maximum atomic E-state index is 11.8. The van der Waals surface area contributed by atoms with Crippen LogP contribution in [0.4, 0.5) is 11.5 Å². The predicted octanol–water partition coefficient (Wildman–Crippen LogP) is 1.07. The van der Waals surface area contributed by atoms with E-state index in [1.807, 2.05) is 0 Å². The van der Waals surface area contributed by atoms with E-state index in [2.05, 4.69) is 15.1 Å². The number of aryl methyl sites for hydroxylation is 1. The van der Waals surface area contributed by atoms with Crippen LogP contribution in [0, 0.1) is 0 Å². The predicted molar refractivity (Wildman–Crippen MR) is 69.2 cm³/mol. The van der Waals surface area contributed by atoms with Crippen LogP contribution in [-0.2, 0) is 17.1 Å². The largest absolute Gasteiger partial charge is 0.338 e. The van der Waals surface area contributed by atoms with Crippen LogP contribution in [0.5, 0.6) is 0 Å². The first-order valence-corrected chi connectivity index (χ1v) is 6.80. The van der Waals surface area contributed by atoms with Crippen molar-refractivity contribution in [2.75, 3.05) is 12.4 Å². The molecule has 1 aromatic heterocycles. The number of hydrogen-bond acceptors (Lipinski definition) is 4. The van der Waals surface area contributed by atoms with Gasteiger partial charge in [-0.25, -0.2) is 13.1 Å². The van der Waals surface area contributed by atoms with Crippen molar-refractivity contribution in [2.45, 2.75) is 4.90 Å². The van der Waals surface area contributed by atoms with Gasteiger partial charge in [0.05, 0.1) is 5.69 Å². The molecule has 0 saturated heterocycles. The lowest BCUT2D eigenvalue weighted by atomic mass is 10.3. The quantitative estimate of drug-likeness (QED) is 0.868. The maximum Gasteiger partial charge on any atom is 0.242 e. The molecule has 1 aromatic carbocycles. The molecule has 0 saturated carbocycles. The second-order valence-electron chi connectivity index (χ2n) is 3.70. The van der Waals surface area contributed by atoms with E-state index in [4.69, 9.17) is 0 Å². The van der Waals surface area contributed by atoms with Crippen LogP contribution in [0.15, 0.2) is 41.4 Å². The Labute approximate surface area is 106 Å². The van der Waals surface area contributed by atoms with E-state index in [0.717, 1.165) is 0 Å². The minimum atomic E-state index is -3.49. The van der Waals surface area contributed by atoms with E-state index >= 15 is 0 Å². The van der Waals surface area contributed by atoms with Crippen molar-refractivity contribution in [1.29, 1.82) is 0 Å². The molecule has 96 valence electrons. The minimum Gasteiger partial charge on any atom is -0.338 e. The Hall–Kier alpha value is -1.86. The Kier molecular flexibility index (Phi) is 3.35. The third-order valence-electron chi connectivity index (χ3n) is 2.42. The lowest BCUT2D eigenvalue weighted by Crippen LogP contribution is -2.19. The number of nitrogens with one attached hydrogen (secondary N) is 2. The van der Waals surface area contributed by atoms with E-state index in [1.165, 1.54) is 13.1 Å². The van der Waals surface area contributed by atoms with Gasteiger partial charge in [-0.15, -0.1) is 0 Å². The number of sulfonamides is 1. The molecule has 0 atom stereocenters. The van der Waals surface area contributed by atoms with Gasteiger partial charge in [0.1, 0.15) is 4.90 Å². The van der Waals surface area contributed by atoms with Gasteiger partial charge in [0.15, 0.2) is 5.82 Å². The highest BCUT2D eigenvalue weighted by molar-refractivity contribution is 7.89. The molecule has 0 bridgehead atoms. The summed E-state index contributed by atoms with van der Waals surface area (Å²) in [4.78, 5) is 0.193. The van der Waals surface area contributed by atoms with Gasteiger partial charge in [-0.3, -0.25) is 4.68 Å². The van der Waals surface area contributed by atoms with Crippen molar-refractivity contribution in [2.24, 2.45) is 7.05 Å². The number of para-hydroxylation sites is 1. The van der Waals surface area contributed by atoms with Crippen LogP contribution in [0.2, 0.25) is 0 Å². The molecule has 0 radical (unpaired) electrons. The molecular formula is C11H14N4O2S. The molecule has 0 amide bonds. The summed E-state index contributed by atoms with van der Waals surface area (Å²) in [6.07, 6.45) is 1.78. The Balaban J connectivity index is 2.40. The smallest absolute Gasteiger partial charge is 0.242 e. The van der Waals surface area contributed by atoms with E-state index in [0.29, 0.717) is 11.5 Å². The molecule has 0 aliphatic heterocycles. The fourth-order valence-electron chi connectivity index (χ4n) is 1.53. The minimum absolute atomic E-state index is 0.193. The summed E-state index contributed by atoms with van der Waals surface area (Å²) in [5.41, 5.74) is 0.491. The fourth-order valence-corrected chi connectivity index (χ4v) is 2.42. The Bertz CT molecular complexity index is 649. The highest BCUT2D eigenvalue weighted by Gasteiger charge is 2.16. The first-order chi connectivity index (χ1) is 8.53. The Morgan fingerprint density at radius 1 is 1.22 bits per heavy atom. The molecule has 0 aliphatic rings. The fraction of sp³-hybridized carbons (Fsp3) is 0.182. The monoisotopic (exact) mass is 266 g/mol. The number of anilines is 2. The third kappa shape index (κ3) is 2.52. The normalized spacial score (nSPS) is 11.4. The van der Waals surface area contributed by atoms with Crippen molar-refractivity contribution >= 4 is 21.5 Å². The van der Waals surface area contributed by atoms with Gasteiger partial charge in [-0.2, -0.15) is 5.10 Å². The third-order valence-corrected chi connectivity index (χ3v) is 3.89. The summed E-state index contributed by atoms with van der Waals surface area (Å²) >= 11 is 0. The standard InChI is InChI=1S/C11H14N4O2S/c1-12-18(16,17)10-6-4-3-5-9(10)13-11-7-8-15(2)14-11/h3-8,12H,1-2H3,(H,13,14). The molecule has 2 aromatic rings. The van der Waals surface area contributed by atoms with Gasteiger partial charge in [0.25, 0.3) is 0 Å². The molecule has 18 heavy (non-hydrogen) atoms. The van der Waals surface area contributed by atoms with Gasteiger partial charge in [-0.05, 0) is 19.2 Å². The molecule has 0 fully saturated rings. The van der Waals surface area contributed by atoms with Crippen LogP contribution in [0.3, 0.4) is 0 Å². The number of aromatic nitrogens is 2. The highest BCUT2D eigenvalue weighted by Crippen LogP contribution is 2.23. The van der Waals surface area contributed by atoms with Gasteiger partial charge in [0.2, 0.25) is 10.0 Å². The zero-order valence-electron chi connectivity index (χ0n) is 10.1. The summed E-state index contributed by atoms with van der Waals surface area (Å²) in [6, 6.07) is 8.44. The average molecular weight is 266 g/mol. The Morgan fingerprint density at radius 2 is 1.94 bits per heavy atom. The molecular weight excluding hydrogens is 252 g/mol. The van der Waals surface area contributed by atoms with E-state index in [-0.39, 0.29) is 4.90 Å². The molecule has 0 unspecified atom stereocenters. The number of nitrogens with zero attached hydrogens (tertiary/aromatic N) is 2. The van der Waals surface area contributed by atoms with Crippen LogP contribution in [0.25, 0.3) is 0 Å². The first kappa shape index (κ1) is 12.6. The van der Waals surface area contributed by atoms with Gasteiger partial charge < -0.3 is 5.32 Å². The summed E-state index contributed by atoms with van der Waals surface area (Å²) < 4.78 is 27.6. The van der Waals surface area contributed by atoms with E-state index < -0.39 is 10.0 Å². The topological polar surface area (TPSA) is 76.0 Å². The van der Waals surface area contributed by atoms with Crippen molar-refractivity contribution in [3.63, 3.8) is 0 Å². The summed E-state index contributed by atoms with van der Waals surface area (Å²) in [7, 11) is -0.314. The molecule has 0 spiro atoms. The lowest BCUT2D eigenvalue weighted by Gasteiger charge is -2.09. The zero-order chi connectivity index (χ0) is 13.2. The van der Waals surface area contributed by atoms with E-state index in [9.17, 15) is 8.42 Å². The molecule has 2 rings (SSSR count). The lowest BCUT2D eigenvalue weighted by molar-refractivity contribution is 0.588. The van der Waals surface area contributed by atoms with Gasteiger partial charge >= 0.3 is 0 Å². The van der Waals surface area contributed by atoms with Gasteiger partial charge in [-0.1, -0.05) is 12.1 Å². The van der Waals surface area contributed by atoms with Crippen LogP contribution >= 0.6 is 0 Å². The number of rotatable bonds is 4. The summed E-state index contributed by atoms with van der Waals surface area (Å²) in [5, 5.41) is 7.13. The molecule has 6 nitrogen and oxygen atoms in total. The number of benzene rings is 1. The molecule has 0 aliphatic carbocycles. The maximum absolute atomic E-state index is 11.8. The van der Waals surface area contributed by atoms with Crippen LogP contribution in [-0.4, -0.2) is 25.2 Å². The van der Waals surface area contributed by atoms with Crippen LogP contribution in [0.1, 0.15) is 0 Å². The second kappa shape index (κ2) is 4.79.